The van der Waals surface area contributed by atoms with E-state index < -0.39 is 17.2 Å². The van der Waals surface area contributed by atoms with E-state index in [0.717, 1.165) is 30.5 Å². The largest absolute Gasteiger partial charge is 0.339 e. The van der Waals surface area contributed by atoms with Crippen LogP contribution in [0, 0.1) is 0 Å². The summed E-state index contributed by atoms with van der Waals surface area (Å²) in [7, 11) is 2.91. The van der Waals surface area contributed by atoms with Gasteiger partial charge in [-0.2, -0.15) is 0 Å². The van der Waals surface area contributed by atoms with E-state index in [0.29, 0.717) is 11.3 Å². The van der Waals surface area contributed by atoms with E-state index in [-0.39, 0.29) is 11.5 Å². The summed E-state index contributed by atoms with van der Waals surface area (Å²) in [5.74, 6) is -0.487. The molecule has 1 fully saturated rings. The Hall–Kier alpha value is -3.42. The molecule has 0 atom stereocenters. The molecule has 2 amide bonds. The molecule has 0 spiro atoms. The van der Waals surface area contributed by atoms with Gasteiger partial charge in [0.1, 0.15) is 0 Å². The lowest BCUT2D eigenvalue weighted by Crippen LogP contribution is -2.37. The van der Waals surface area contributed by atoms with Gasteiger partial charge >= 0.3 is 5.69 Å². The molecule has 1 saturated heterocycles. The summed E-state index contributed by atoms with van der Waals surface area (Å²) in [5.41, 5.74) is 0.317. The topological polar surface area (TPSA) is 93.4 Å². The Labute approximate surface area is 161 Å². The van der Waals surface area contributed by atoms with Crippen molar-refractivity contribution in [1.29, 1.82) is 0 Å². The van der Waals surface area contributed by atoms with Crippen LogP contribution in [-0.2, 0) is 18.9 Å². The van der Waals surface area contributed by atoms with Crippen molar-refractivity contribution in [3.63, 3.8) is 0 Å². The summed E-state index contributed by atoms with van der Waals surface area (Å²) in [5, 5.41) is 2.68. The fourth-order valence-corrected chi connectivity index (χ4v) is 3.13. The van der Waals surface area contributed by atoms with Crippen LogP contribution in [0.5, 0.6) is 0 Å². The van der Waals surface area contributed by atoms with Crippen molar-refractivity contribution in [1.82, 2.24) is 14.0 Å². The van der Waals surface area contributed by atoms with Gasteiger partial charge in [0.25, 0.3) is 11.5 Å². The lowest BCUT2D eigenvalue weighted by atomic mass is 10.1. The van der Waals surface area contributed by atoms with Crippen LogP contribution in [0.25, 0.3) is 6.08 Å². The van der Waals surface area contributed by atoms with Crippen LogP contribution in [-0.4, -0.2) is 38.9 Å². The Kier molecular flexibility index (Phi) is 5.58. The summed E-state index contributed by atoms with van der Waals surface area (Å²) in [4.78, 5) is 50.2. The van der Waals surface area contributed by atoms with Gasteiger partial charge in [-0.05, 0) is 37.1 Å². The van der Waals surface area contributed by atoms with Gasteiger partial charge in [-0.1, -0.05) is 6.07 Å². The van der Waals surface area contributed by atoms with Crippen molar-refractivity contribution < 1.29 is 9.59 Å². The van der Waals surface area contributed by atoms with Gasteiger partial charge in [0.15, 0.2) is 0 Å². The van der Waals surface area contributed by atoms with Crippen molar-refractivity contribution in [3.05, 3.63) is 68.5 Å². The molecule has 1 aromatic heterocycles. The van der Waals surface area contributed by atoms with Crippen molar-refractivity contribution in [3.8, 4) is 0 Å². The molecule has 146 valence electrons. The van der Waals surface area contributed by atoms with Crippen LogP contribution < -0.4 is 16.6 Å². The average Bonchev–Trinajstić information content (AvgIpc) is 3.22. The zero-order chi connectivity index (χ0) is 20.3. The number of aromatic nitrogens is 2. The first-order valence-electron chi connectivity index (χ1n) is 9.02. The minimum Gasteiger partial charge on any atom is -0.339 e. The zero-order valence-electron chi connectivity index (χ0n) is 15.8. The molecule has 8 nitrogen and oxygen atoms in total. The van der Waals surface area contributed by atoms with Crippen LogP contribution in [0.2, 0.25) is 0 Å². The minimum absolute atomic E-state index is 0.0437. The highest BCUT2D eigenvalue weighted by molar-refractivity contribution is 6.03. The van der Waals surface area contributed by atoms with Crippen LogP contribution in [0.4, 0.5) is 5.69 Å². The van der Waals surface area contributed by atoms with Crippen molar-refractivity contribution >= 4 is 23.6 Å². The number of rotatable bonds is 4. The second kappa shape index (κ2) is 8.08. The highest BCUT2D eigenvalue weighted by Gasteiger charge is 2.19. The molecule has 1 aliphatic heterocycles. The maximum absolute atomic E-state index is 12.5. The molecule has 0 bridgehead atoms. The minimum atomic E-state index is -0.481. The van der Waals surface area contributed by atoms with E-state index in [9.17, 15) is 19.2 Å². The zero-order valence-corrected chi connectivity index (χ0v) is 15.8. The third kappa shape index (κ3) is 4.11. The number of anilines is 1. The molecule has 1 N–H and O–H groups in total. The summed E-state index contributed by atoms with van der Waals surface area (Å²) >= 11 is 0. The number of nitrogens with zero attached hydrogens (tertiary/aromatic N) is 3. The lowest BCUT2D eigenvalue weighted by Gasteiger charge is -2.15. The third-order valence-electron chi connectivity index (χ3n) is 4.66. The van der Waals surface area contributed by atoms with Gasteiger partial charge < -0.3 is 14.8 Å². The van der Waals surface area contributed by atoms with E-state index in [1.807, 2.05) is 0 Å². The molecule has 3 rings (SSSR count). The Balaban J connectivity index is 1.73. The predicted octanol–water partition coefficient (Wildman–Crippen LogP) is 0.972. The summed E-state index contributed by atoms with van der Waals surface area (Å²) in [6, 6.07) is 6.76. The maximum atomic E-state index is 12.5. The van der Waals surface area contributed by atoms with Crippen LogP contribution in [0.15, 0.2) is 46.1 Å². The molecule has 2 heterocycles. The quantitative estimate of drug-likeness (QED) is 0.798. The van der Waals surface area contributed by atoms with Crippen molar-refractivity contribution in [2.24, 2.45) is 14.1 Å². The first-order chi connectivity index (χ1) is 13.4. The van der Waals surface area contributed by atoms with Gasteiger partial charge in [0.2, 0.25) is 5.91 Å². The van der Waals surface area contributed by atoms with Crippen molar-refractivity contribution in [2.75, 3.05) is 18.4 Å². The number of carbonyl (C=O) groups is 2. The number of nitrogens with one attached hydrogen (secondary N) is 1. The smallest absolute Gasteiger partial charge is 0.330 e. The second-order valence-electron chi connectivity index (χ2n) is 6.74. The van der Waals surface area contributed by atoms with Gasteiger partial charge in [-0.3, -0.25) is 19.0 Å². The normalized spacial score (nSPS) is 13.9. The Bertz CT molecular complexity index is 1060. The van der Waals surface area contributed by atoms with Crippen LogP contribution >= 0.6 is 0 Å². The number of hydrogen-bond donors (Lipinski definition) is 1. The number of hydrogen-bond acceptors (Lipinski definition) is 4. The van der Waals surface area contributed by atoms with Crippen LogP contribution in [0.3, 0.4) is 0 Å². The molecule has 0 aliphatic carbocycles. The van der Waals surface area contributed by atoms with Crippen molar-refractivity contribution in [2.45, 2.75) is 12.8 Å². The first kappa shape index (κ1) is 19.3. The number of amides is 2. The predicted molar refractivity (Wildman–Crippen MR) is 106 cm³/mol. The second-order valence-corrected chi connectivity index (χ2v) is 6.74. The Morgan fingerprint density at radius 1 is 1.11 bits per heavy atom. The maximum Gasteiger partial charge on any atom is 0.330 e. The fourth-order valence-electron chi connectivity index (χ4n) is 3.13. The molecule has 0 saturated carbocycles. The first-order valence-corrected chi connectivity index (χ1v) is 9.02. The highest BCUT2D eigenvalue weighted by atomic mass is 16.2. The lowest BCUT2D eigenvalue weighted by molar-refractivity contribution is -0.111. The molecule has 2 aromatic rings. The molecular formula is C20H22N4O4. The monoisotopic (exact) mass is 382 g/mol. The van der Waals surface area contributed by atoms with Gasteiger partial charge in [-0.25, -0.2) is 4.79 Å². The third-order valence-corrected chi connectivity index (χ3v) is 4.66. The Morgan fingerprint density at radius 3 is 2.54 bits per heavy atom. The molecule has 0 unspecified atom stereocenters. The number of likely N-dealkylation sites (tertiary alicyclic amines) is 1. The van der Waals surface area contributed by atoms with E-state index in [1.165, 1.54) is 37.0 Å². The SMILES string of the molecule is Cn1cc(C=CC(=O)Nc2cccc(C(=O)N3CCCC3)c2)c(=O)n(C)c1=O. The molecule has 1 aromatic carbocycles. The van der Waals surface area contributed by atoms with E-state index in [4.69, 9.17) is 0 Å². The van der Waals surface area contributed by atoms with Gasteiger partial charge in [0.05, 0.1) is 5.56 Å². The summed E-state index contributed by atoms with van der Waals surface area (Å²) < 4.78 is 2.25. The molecule has 0 radical (unpaired) electrons. The summed E-state index contributed by atoms with van der Waals surface area (Å²) in [6.45, 7) is 1.51. The summed E-state index contributed by atoms with van der Waals surface area (Å²) in [6.07, 6.45) is 5.98. The molecule has 1 aliphatic rings. The molecule has 8 heteroatoms. The highest BCUT2D eigenvalue weighted by Crippen LogP contribution is 2.16. The number of carbonyl (C=O) groups excluding carboxylic acids is 2. The number of benzene rings is 1. The van der Waals surface area contributed by atoms with E-state index in [1.54, 1.807) is 29.2 Å². The fraction of sp³-hybridized carbons (Fsp3) is 0.300. The van der Waals surface area contributed by atoms with E-state index in [2.05, 4.69) is 5.32 Å². The molecular weight excluding hydrogens is 360 g/mol. The molecule has 28 heavy (non-hydrogen) atoms. The Morgan fingerprint density at radius 2 is 1.82 bits per heavy atom. The van der Waals surface area contributed by atoms with E-state index >= 15 is 0 Å². The van der Waals surface area contributed by atoms with Gasteiger partial charge in [0, 0.05) is 50.7 Å². The van der Waals surface area contributed by atoms with Crippen LogP contribution in [0.1, 0.15) is 28.8 Å². The number of aryl methyl sites for hydroxylation is 1. The standard InChI is InChI=1S/C20H22N4O4/c1-22-13-15(18(26)23(2)20(22)28)8-9-17(25)21-16-7-5-6-14(12-16)19(27)24-10-3-4-11-24/h5-9,12-13H,3-4,10-11H2,1-2H3,(H,21,25). The van der Waals surface area contributed by atoms with Gasteiger partial charge in [-0.15, -0.1) is 0 Å². The average molecular weight is 382 g/mol.